The Labute approximate surface area is 158 Å². The van der Waals surface area contributed by atoms with Gasteiger partial charge in [0.25, 0.3) is 0 Å². The second-order valence-corrected chi connectivity index (χ2v) is 9.00. The highest BCUT2D eigenvalue weighted by atomic mass is 35.5. The van der Waals surface area contributed by atoms with Crippen molar-refractivity contribution < 1.29 is 18.1 Å². The Bertz CT molecular complexity index is 905. The number of rotatable bonds is 3. The SMILES string of the molecule is COc1ccc(F)c(-n2ncc3c2COC/C3=N\S(=O)C(C)(C)C)c1Cl. The Kier molecular flexibility index (Phi) is 5.18. The summed E-state index contributed by atoms with van der Waals surface area (Å²) in [5, 5.41) is 4.37. The van der Waals surface area contributed by atoms with Gasteiger partial charge in [-0.3, -0.25) is 0 Å². The third-order valence-electron chi connectivity index (χ3n) is 3.84. The first-order valence-electron chi connectivity index (χ1n) is 7.91. The summed E-state index contributed by atoms with van der Waals surface area (Å²) in [6, 6.07) is 2.72. The topological polar surface area (TPSA) is 65.7 Å². The summed E-state index contributed by atoms with van der Waals surface area (Å²) in [7, 11) is 0.0150. The predicted molar refractivity (Wildman–Crippen MR) is 99.2 cm³/mol. The van der Waals surface area contributed by atoms with E-state index in [0.717, 1.165) is 0 Å². The highest BCUT2D eigenvalue weighted by Gasteiger charge is 2.27. The maximum atomic E-state index is 14.4. The maximum absolute atomic E-state index is 14.4. The van der Waals surface area contributed by atoms with Crippen molar-refractivity contribution >= 4 is 28.3 Å². The summed E-state index contributed by atoms with van der Waals surface area (Å²) in [5.74, 6) is -0.198. The molecule has 9 heteroatoms. The first-order valence-corrected chi connectivity index (χ1v) is 9.39. The van der Waals surface area contributed by atoms with Crippen molar-refractivity contribution in [1.82, 2.24) is 9.78 Å². The largest absolute Gasteiger partial charge is 0.495 e. The average molecular weight is 400 g/mol. The van der Waals surface area contributed by atoms with Gasteiger partial charge in [0.2, 0.25) is 0 Å². The summed E-state index contributed by atoms with van der Waals surface area (Å²) in [6.07, 6.45) is 1.56. The van der Waals surface area contributed by atoms with E-state index in [9.17, 15) is 8.60 Å². The fourth-order valence-electron chi connectivity index (χ4n) is 2.46. The lowest BCUT2D eigenvalue weighted by Gasteiger charge is -2.19. The Balaban J connectivity index is 2.11. The van der Waals surface area contributed by atoms with E-state index in [1.165, 1.54) is 23.9 Å². The Morgan fingerprint density at radius 3 is 2.77 bits per heavy atom. The first-order chi connectivity index (χ1) is 12.2. The molecule has 2 aromatic rings. The van der Waals surface area contributed by atoms with Gasteiger partial charge in [0, 0.05) is 5.56 Å². The molecule has 0 N–H and O–H groups in total. The van der Waals surface area contributed by atoms with Crippen LogP contribution in [0.1, 0.15) is 32.0 Å². The van der Waals surface area contributed by atoms with Crippen molar-refractivity contribution in [2.24, 2.45) is 4.40 Å². The highest BCUT2D eigenvalue weighted by molar-refractivity contribution is 7.85. The fourth-order valence-corrected chi connectivity index (χ4v) is 3.39. The second-order valence-electron chi connectivity index (χ2n) is 6.72. The van der Waals surface area contributed by atoms with Gasteiger partial charge in [-0.15, -0.1) is 0 Å². The van der Waals surface area contributed by atoms with Crippen molar-refractivity contribution in [3.05, 3.63) is 40.4 Å². The molecule has 1 aliphatic heterocycles. The quantitative estimate of drug-likeness (QED) is 0.792. The first kappa shape index (κ1) is 19.0. The van der Waals surface area contributed by atoms with Crippen LogP contribution in [0.2, 0.25) is 5.02 Å². The zero-order valence-corrected chi connectivity index (χ0v) is 16.4. The molecule has 1 aromatic carbocycles. The van der Waals surface area contributed by atoms with E-state index in [1.54, 1.807) is 6.20 Å². The van der Waals surface area contributed by atoms with Crippen LogP contribution in [0.5, 0.6) is 5.75 Å². The molecule has 0 radical (unpaired) electrons. The van der Waals surface area contributed by atoms with E-state index < -0.39 is 21.5 Å². The van der Waals surface area contributed by atoms with Gasteiger partial charge in [0.1, 0.15) is 27.4 Å². The summed E-state index contributed by atoms with van der Waals surface area (Å²) in [4.78, 5) is 0. The van der Waals surface area contributed by atoms with E-state index in [4.69, 9.17) is 21.1 Å². The van der Waals surface area contributed by atoms with Crippen LogP contribution in [0.4, 0.5) is 4.39 Å². The Morgan fingerprint density at radius 2 is 2.12 bits per heavy atom. The molecule has 0 saturated carbocycles. The number of fused-ring (bicyclic) bond motifs is 1. The molecule has 0 spiro atoms. The number of hydrogen-bond acceptors (Lipinski definition) is 4. The summed E-state index contributed by atoms with van der Waals surface area (Å²) >= 11 is 6.28. The van der Waals surface area contributed by atoms with Crippen LogP contribution in [-0.4, -0.2) is 38.2 Å². The van der Waals surface area contributed by atoms with Crippen molar-refractivity contribution in [2.75, 3.05) is 13.7 Å². The lowest BCUT2D eigenvalue weighted by Crippen LogP contribution is -2.25. The van der Waals surface area contributed by atoms with Crippen molar-refractivity contribution in [1.29, 1.82) is 0 Å². The molecule has 0 amide bonds. The van der Waals surface area contributed by atoms with Crippen molar-refractivity contribution in [3.63, 3.8) is 0 Å². The highest BCUT2D eigenvalue weighted by Crippen LogP contribution is 2.34. The van der Waals surface area contributed by atoms with Gasteiger partial charge in [-0.1, -0.05) is 11.6 Å². The van der Waals surface area contributed by atoms with E-state index in [-0.39, 0.29) is 23.9 Å². The van der Waals surface area contributed by atoms with Gasteiger partial charge < -0.3 is 9.47 Å². The zero-order valence-electron chi connectivity index (χ0n) is 14.9. The number of ether oxygens (including phenoxy) is 2. The lowest BCUT2D eigenvalue weighted by atomic mass is 10.1. The molecular formula is C17H19ClFN3O3S. The normalized spacial score (nSPS) is 17.2. The minimum absolute atomic E-state index is 0.0778. The van der Waals surface area contributed by atoms with Crippen LogP contribution in [0.15, 0.2) is 22.7 Å². The van der Waals surface area contributed by atoms with Crippen LogP contribution >= 0.6 is 11.6 Å². The van der Waals surface area contributed by atoms with E-state index in [1.807, 2.05) is 20.8 Å². The maximum Gasteiger partial charge on any atom is 0.150 e. The number of aromatic nitrogens is 2. The molecule has 1 aliphatic rings. The molecule has 3 rings (SSSR count). The van der Waals surface area contributed by atoms with E-state index in [2.05, 4.69) is 9.50 Å². The van der Waals surface area contributed by atoms with Crippen LogP contribution in [0.25, 0.3) is 5.69 Å². The van der Waals surface area contributed by atoms with Crippen LogP contribution in [-0.2, 0) is 22.3 Å². The van der Waals surface area contributed by atoms with Gasteiger partial charge in [-0.2, -0.15) is 9.50 Å². The molecule has 0 fully saturated rings. The third kappa shape index (κ3) is 3.41. The number of methoxy groups -OCH3 is 1. The van der Waals surface area contributed by atoms with E-state index >= 15 is 0 Å². The predicted octanol–water partition coefficient (Wildman–Crippen LogP) is 3.45. The third-order valence-corrected chi connectivity index (χ3v) is 5.64. The molecule has 0 aliphatic carbocycles. The smallest absolute Gasteiger partial charge is 0.150 e. The minimum Gasteiger partial charge on any atom is -0.495 e. The molecule has 0 saturated heterocycles. The second kappa shape index (κ2) is 7.09. The Hall–Kier alpha value is -1.77. The molecule has 2 heterocycles. The molecule has 1 unspecified atom stereocenters. The number of benzene rings is 1. The number of nitrogens with zero attached hydrogens (tertiary/aromatic N) is 3. The fraction of sp³-hybridized carbons (Fsp3) is 0.412. The van der Waals surface area contributed by atoms with Crippen molar-refractivity contribution in [2.45, 2.75) is 32.1 Å². The van der Waals surface area contributed by atoms with Gasteiger partial charge in [0.05, 0.1) is 42.7 Å². The zero-order chi connectivity index (χ0) is 19.1. The van der Waals surface area contributed by atoms with Crippen molar-refractivity contribution in [3.8, 4) is 11.4 Å². The summed E-state index contributed by atoms with van der Waals surface area (Å²) < 4.78 is 42.7. The lowest BCUT2D eigenvalue weighted by molar-refractivity contribution is 0.147. The molecule has 140 valence electrons. The monoisotopic (exact) mass is 399 g/mol. The van der Waals surface area contributed by atoms with Crippen LogP contribution in [0, 0.1) is 5.82 Å². The van der Waals surface area contributed by atoms with Gasteiger partial charge in [0.15, 0.2) is 5.82 Å². The van der Waals surface area contributed by atoms with Crippen LogP contribution in [0.3, 0.4) is 0 Å². The average Bonchev–Trinajstić information content (AvgIpc) is 2.99. The minimum atomic E-state index is -1.44. The van der Waals surface area contributed by atoms with E-state index in [0.29, 0.717) is 22.7 Å². The molecule has 1 aromatic heterocycles. The van der Waals surface area contributed by atoms with Gasteiger partial charge in [-0.25, -0.2) is 13.3 Å². The van der Waals surface area contributed by atoms with Crippen LogP contribution < -0.4 is 4.74 Å². The molecule has 6 nitrogen and oxygen atoms in total. The number of hydrogen-bond donors (Lipinski definition) is 0. The Morgan fingerprint density at radius 1 is 1.38 bits per heavy atom. The number of halogens is 2. The van der Waals surface area contributed by atoms with Gasteiger partial charge in [-0.05, 0) is 32.9 Å². The standard InChI is InChI=1S/C17H19ClFN3O3S/c1-17(2,3)26(23)21-12-8-25-9-13-10(12)7-20-22(13)16-11(19)5-6-14(24-4)15(16)18/h5-7H,8-9H2,1-4H3/b21-12+. The molecular weight excluding hydrogens is 381 g/mol. The molecule has 26 heavy (non-hydrogen) atoms. The molecule has 1 atom stereocenters. The summed E-state index contributed by atoms with van der Waals surface area (Å²) in [5.41, 5.74) is 1.86. The van der Waals surface area contributed by atoms with Gasteiger partial charge >= 0.3 is 0 Å². The summed E-state index contributed by atoms with van der Waals surface area (Å²) in [6.45, 7) is 5.95. The molecule has 0 bridgehead atoms.